The molecule has 0 aliphatic heterocycles. The molecule has 0 amide bonds. The van der Waals surface area contributed by atoms with Gasteiger partial charge in [-0.15, -0.1) is 0 Å². The molecule has 0 spiro atoms. The van der Waals surface area contributed by atoms with Crippen LogP contribution in [0.4, 0.5) is 4.39 Å². The third-order valence-electron chi connectivity index (χ3n) is 3.34. The van der Waals surface area contributed by atoms with Gasteiger partial charge in [-0.1, -0.05) is 12.8 Å². The number of hydrogen-bond acceptors (Lipinski definition) is 3. The molecule has 0 unspecified atom stereocenters. The number of sulfonamides is 1. The lowest BCUT2D eigenvalue weighted by atomic mass is 10.3. The highest BCUT2D eigenvalue weighted by atomic mass is 32.2. The van der Waals surface area contributed by atoms with Gasteiger partial charge < -0.3 is 4.74 Å². The van der Waals surface area contributed by atoms with Gasteiger partial charge in [0.25, 0.3) is 0 Å². The van der Waals surface area contributed by atoms with Crippen molar-refractivity contribution in [3.8, 4) is 5.75 Å². The molecule has 4 nitrogen and oxygen atoms in total. The molecule has 1 fully saturated rings. The molecule has 0 bridgehead atoms. The van der Waals surface area contributed by atoms with Crippen molar-refractivity contribution in [2.45, 2.75) is 38.1 Å². The van der Waals surface area contributed by atoms with Crippen LogP contribution in [0.15, 0.2) is 24.3 Å². The van der Waals surface area contributed by atoms with Gasteiger partial charge in [-0.25, -0.2) is 17.5 Å². The summed E-state index contributed by atoms with van der Waals surface area (Å²) in [6, 6.07) is 5.79. The molecule has 0 heterocycles. The van der Waals surface area contributed by atoms with Crippen molar-refractivity contribution in [3.63, 3.8) is 0 Å². The minimum atomic E-state index is -3.22. The first kappa shape index (κ1) is 15.3. The first-order valence-electron chi connectivity index (χ1n) is 6.93. The highest BCUT2D eigenvalue weighted by Crippen LogP contribution is 2.18. The maximum atomic E-state index is 12.7. The molecule has 20 heavy (non-hydrogen) atoms. The highest BCUT2D eigenvalue weighted by Gasteiger charge is 2.20. The van der Waals surface area contributed by atoms with Crippen molar-refractivity contribution >= 4 is 10.0 Å². The maximum absolute atomic E-state index is 12.7. The van der Waals surface area contributed by atoms with Gasteiger partial charge in [-0.3, -0.25) is 0 Å². The quantitative estimate of drug-likeness (QED) is 0.787. The first-order chi connectivity index (χ1) is 9.55. The third-order valence-corrected chi connectivity index (χ3v) is 4.86. The molecule has 1 aliphatic carbocycles. The van der Waals surface area contributed by atoms with Crippen LogP contribution in [0.1, 0.15) is 32.1 Å². The molecule has 6 heteroatoms. The van der Waals surface area contributed by atoms with E-state index in [0.29, 0.717) is 18.8 Å². The van der Waals surface area contributed by atoms with E-state index in [1.54, 1.807) is 0 Å². The molecule has 1 aliphatic rings. The number of hydrogen-bond donors (Lipinski definition) is 1. The molecule has 1 aromatic carbocycles. The molecule has 112 valence electrons. The number of nitrogens with one attached hydrogen (secondary N) is 1. The Morgan fingerprint density at radius 2 is 1.85 bits per heavy atom. The second-order valence-corrected chi connectivity index (χ2v) is 6.95. The fourth-order valence-electron chi connectivity index (χ4n) is 2.33. The molecule has 0 radical (unpaired) electrons. The van der Waals surface area contributed by atoms with Crippen LogP contribution in [0, 0.1) is 5.82 Å². The maximum Gasteiger partial charge on any atom is 0.211 e. The minimum Gasteiger partial charge on any atom is -0.494 e. The summed E-state index contributed by atoms with van der Waals surface area (Å²) in [6.07, 6.45) is 4.48. The number of ether oxygens (including phenoxy) is 1. The van der Waals surface area contributed by atoms with E-state index in [0.717, 1.165) is 25.7 Å². The van der Waals surface area contributed by atoms with Crippen LogP contribution in [-0.4, -0.2) is 26.8 Å². The molecule has 2 rings (SSSR count). The molecule has 0 saturated heterocycles. The van der Waals surface area contributed by atoms with Crippen LogP contribution in [0.25, 0.3) is 0 Å². The molecular weight excluding hydrogens is 281 g/mol. The summed E-state index contributed by atoms with van der Waals surface area (Å²) < 4.78 is 44.4. The summed E-state index contributed by atoms with van der Waals surface area (Å²) in [7, 11) is -3.22. The van der Waals surface area contributed by atoms with Crippen LogP contribution in [-0.2, 0) is 10.0 Å². The Morgan fingerprint density at radius 3 is 2.50 bits per heavy atom. The Hall–Kier alpha value is -1.14. The van der Waals surface area contributed by atoms with Gasteiger partial charge in [0.1, 0.15) is 11.6 Å². The van der Waals surface area contributed by atoms with E-state index in [1.807, 2.05) is 0 Å². The monoisotopic (exact) mass is 301 g/mol. The Bertz CT molecular complexity index is 510. The van der Waals surface area contributed by atoms with Crippen LogP contribution < -0.4 is 9.46 Å². The van der Waals surface area contributed by atoms with E-state index in [9.17, 15) is 12.8 Å². The average Bonchev–Trinajstić information content (AvgIpc) is 2.89. The van der Waals surface area contributed by atoms with Crippen molar-refractivity contribution in [1.29, 1.82) is 0 Å². The van der Waals surface area contributed by atoms with Crippen molar-refractivity contribution < 1.29 is 17.5 Å². The SMILES string of the molecule is O=S(=O)(CCCOc1ccc(F)cc1)NC1CCCC1. The van der Waals surface area contributed by atoms with Crippen LogP contribution >= 0.6 is 0 Å². The number of rotatable bonds is 7. The smallest absolute Gasteiger partial charge is 0.211 e. The van der Waals surface area contributed by atoms with Gasteiger partial charge in [-0.2, -0.15) is 0 Å². The Morgan fingerprint density at radius 1 is 1.20 bits per heavy atom. The summed E-state index contributed by atoms with van der Waals surface area (Å²) in [4.78, 5) is 0. The van der Waals surface area contributed by atoms with Crippen molar-refractivity contribution in [3.05, 3.63) is 30.1 Å². The molecular formula is C14H20FNO3S. The Labute approximate surface area is 119 Å². The van der Waals surface area contributed by atoms with Gasteiger partial charge >= 0.3 is 0 Å². The fourth-order valence-corrected chi connectivity index (χ4v) is 3.69. The summed E-state index contributed by atoms with van der Waals surface area (Å²) in [5.41, 5.74) is 0. The van der Waals surface area contributed by atoms with Crippen LogP contribution in [0.5, 0.6) is 5.75 Å². The lowest BCUT2D eigenvalue weighted by molar-refractivity contribution is 0.317. The first-order valence-corrected chi connectivity index (χ1v) is 8.59. The topological polar surface area (TPSA) is 55.4 Å². The minimum absolute atomic E-state index is 0.0602. The van der Waals surface area contributed by atoms with Crippen LogP contribution in [0.3, 0.4) is 0 Å². The van der Waals surface area contributed by atoms with E-state index in [-0.39, 0.29) is 17.6 Å². The second-order valence-electron chi connectivity index (χ2n) is 5.07. The van der Waals surface area contributed by atoms with Gasteiger partial charge in [0.2, 0.25) is 10.0 Å². The predicted molar refractivity (Wildman–Crippen MR) is 75.7 cm³/mol. The van der Waals surface area contributed by atoms with Gasteiger partial charge in [0.05, 0.1) is 12.4 Å². The summed E-state index contributed by atoms with van der Waals surface area (Å²) in [6.45, 7) is 0.303. The Kier molecular flexibility index (Phi) is 5.37. The Balaban J connectivity index is 1.68. The zero-order valence-electron chi connectivity index (χ0n) is 11.3. The van der Waals surface area contributed by atoms with E-state index >= 15 is 0 Å². The zero-order chi connectivity index (χ0) is 14.4. The fraction of sp³-hybridized carbons (Fsp3) is 0.571. The van der Waals surface area contributed by atoms with Gasteiger partial charge in [0.15, 0.2) is 0 Å². The number of halogens is 1. The van der Waals surface area contributed by atoms with E-state index in [2.05, 4.69) is 4.72 Å². The van der Waals surface area contributed by atoms with Crippen molar-refractivity contribution in [2.24, 2.45) is 0 Å². The largest absolute Gasteiger partial charge is 0.494 e. The molecule has 0 aromatic heterocycles. The van der Waals surface area contributed by atoms with E-state index in [4.69, 9.17) is 4.74 Å². The summed E-state index contributed by atoms with van der Waals surface area (Å²) in [5.74, 6) is 0.290. The second kappa shape index (κ2) is 7.04. The molecule has 0 atom stereocenters. The van der Waals surface area contributed by atoms with Crippen LogP contribution in [0.2, 0.25) is 0 Å². The summed E-state index contributed by atoms with van der Waals surface area (Å²) in [5, 5.41) is 0. The molecule has 1 aromatic rings. The number of benzene rings is 1. The predicted octanol–water partition coefficient (Wildman–Crippen LogP) is 2.46. The van der Waals surface area contributed by atoms with Gasteiger partial charge in [0, 0.05) is 6.04 Å². The normalized spacial score (nSPS) is 16.4. The summed E-state index contributed by atoms with van der Waals surface area (Å²) >= 11 is 0. The third kappa shape index (κ3) is 5.09. The van der Waals surface area contributed by atoms with Crippen molar-refractivity contribution in [1.82, 2.24) is 4.72 Å². The standard InChI is InChI=1S/C14H20FNO3S/c15-12-6-8-14(9-7-12)19-10-3-11-20(17,18)16-13-4-1-2-5-13/h6-9,13,16H,1-5,10-11H2. The molecule has 1 saturated carbocycles. The zero-order valence-corrected chi connectivity index (χ0v) is 12.2. The lowest BCUT2D eigenvalue weighted by Gasteiger charge is -2.12. The highest BCUT2D eigenvalue weighted by molar-refractivity contribution is 7.89. The average molecular weight is 301 g/mol. The van der Waals surface area contributed by atoms with E-state index < -0.39 is 10.0 Å². The lowest BCUT2D eigenvalue weighted by Crippen LogP contribution is -2.34. The van der Waals surface area contributed by atoms with Crippen molar-refractivity contribution in [2.75, 3.05) is 12.4 Å². The van der Waals surface area contributed by atoms with Gasteiger partial charge in [-0.05, 0) is 43.5 Å². The van der Waals surface area contributed by atoms with E-state index in [1.165, 1.54) is 24.3 Å². The molecule has 1 N–H and O–H groups in total.